The van der Waals surface area contributed by atoms with Gasteiger partial charge in [-0.3, -0.25) is 4.99 Å². The number of nitrogens with zero attached hydrogens (tertiary/aromatic N) is 1. The molecular formula is C26H20N2. The largest absolute Gasteiger partial charge is 0.398 e. The quantitative estimate of drug-likeness (QED) is 0.425. The van der Waals surface area contributed by atoms with Crippen molar-refractivity contribution < 1.29 is 0 Å². The van der Waals surface area contributed by atoms with Gasteiger partial charge < -0.3 is 5.73 Å². The maximum atomic E-state index is 6.43. The van der Waals surface area contributed by atoms with Crippen molar-refractivity contribution in [1.29, 1.82) is 0 Å². The Bertz CT molecular complexity index is 1250. The van der Waals surface area contributed by atoms with Gasteiger partial charge in [0.2, 0.25) is 0 Å². The molecule has 0 amide bonds. The highest BCUT2D eigenvalue weighted by Crippen LogP contribution is 2.43. The van der Waals surface area contributed by atoms with E-state index in [0.29, 0.717) is 0 Å². The van der Waals surface area contributed by atoms with Gasteiger partial charge in [0.25, 0.3) is 0 Å². The highest BCUT2D eigenvalue weighted by molar-refractivity contribution is 6.27. The standard InChI is InChI=1S/C26H20N2/c1-28-24-15-13-20-22(18-10-6-3-7-11-18)16-21(17-8-4-2-5-9-17)19-12-14-23(27)26(24)25(19)20/h2-16H,27H2,1H3. The lowest BCUT2D eigenvalue weighted by atomic mass is 9.82. The molecule has 0 atom stereocenters. The molecule has 4 aromatic rings. The summed E-state index contributed by atoms with van der Waals surface area (Å²) in [7, 11) is 1.82. The molecule has 1 aliphatic rings. The third-order valence-corrected chi connectivity index (χ3v) is 5.45. The number of allylic oxidation sites excluding steroid dienone is 1. The lowest BCUT2D eigenvalue weighted by Gasteiger charge is -2.22. The number of hydrogen-bond acceptors (Lipinski definition) is 2. The van der Waals surface area contributed by atoms with Crippen LogP contribution in [-0.2, 0) is 0 Å². The molecule has 0 unspecified atom stereocenters. The summed E-state index contributed by atoms with van der Waals surface area (Å²) in [6, 6.07) is 27.5. The number of nitrogen functional groups attached to an aromatic ring is 1. The Kier molecular flexibility index (Phi) is 3.84. The highest BCUT2D eigenvalue weighted by atomic mass is 14.7. The first kappa shape index (κ1) is 16.5. The van der Waals surface area contributed by atoms with E-state index in [4.69, 9.17) is 5.73 Å². The Hall–Kier alpha value is -3.65. The number of anilines is 1. The Balaban J connectivity index is 1.98. The molecule has 0 aromatic heterocycles. The predicted octanol–water partition coefficient (Wildman–Crippen LogP) is 6.20. The predicted molar refractivity (Wildman–Crippen MR) is 121 cm³/mol. The van der Waals surface area contributed by atoms with Crippen molar-refractivity contribution in [3.63, 3.8) is 0 Å². The Labute approximate surface area is 164 Å². The van der Waals surface area contributed by atoms with Crippen LogP contribution in [0.2, 0.25) is 0 Å². The van der Waals surface area contributed by atoms with Gasteiger partial charge in [0.05, 0.1) is 5.71 Å². The van der Waals surface area contributed by atoms with E-state index in [2.05, 4.69) is 89.9 Å². The Morgan fingerprint density at radius 1 is 0.714 bits per heavy atom. The molecule has 5 rings (SSSR count). The minimum Gasteiger partial charge on any atom is -0.398 e. The first-order chi connectivity index (χ1) is 13.8. The first-order valence-corrected chi connectivity index (χ1v) is 9.43. The van der Waals surface area contributed by atoms with Gasteiger partial charge in [-0.1, -0.05) is 72.8 Å². The molecule has 2 nitrogen and oxygen atoms in total. The van der Waals surface area contributed by atoms with Gasteiger partial charge in [0.15, 0.2) is 0 Å². The highest BCUT2D eigenvalue weighted by Gasteiger charge is 2.22. The molecule has 0 radical (unpaired) electrons. The van der Waals surface area contributed by atoms with Crippen molar-refractivity contribution in [1.82, 2.24) is 0 Å². The average Bonchev–Trinajstić information content (AvgIpc) is 2.77. The molecule has 0 spiro atoms. The molecular weight excluding hydrogens is 340 g/mol. The number of benzene rings is 4. The molecule has 134 valence electrons. The molecule has 0 saturated heterocycles. The molecule has 2 heteroatoms. The summed E-state index contributed by atoms with van der Waals surface area (Å²) in [5, 5.41) is 2.39. The van der Waals surface area contributed by atoms with E-state index in [9.17, 15) is 0 Å². The molecule has 0 bridgehead atoms. The lowest BCUT2D eigenvalue weighted by Crippen LogP contribution is -2.08. The van der Waals surface area contributed by atoms with Crippen LogP contribution in [0.1, 0.15) is 11.1 Å². The minimum absolute atomic E-state index is 0.767. The third-order valence-electron chi connectivity index (χ3n) is 5.45. The van der Waals surface area contributed by atoms with E-state index in [0.717, 1.165) is 17.0 Å². The number of nitrogens with two attached hydrogens (primary N) is 1. The van der Waals surface area contributed by atoms with Crippen molar-refractivity contribution in [3.05, 3.63) is 96.1 Å². The lowest BCUT2D eigenvalue weighted by molar-refractivity contribution is 1.44. The fourth-order valence-electron chi connectivity index (χ4n) is 4.15. The third kappa shape index (κ3) is 2.46. The van der Waals surface area contributed by atoms with Gasteiger partial charge in [0, 0.05) is 23.7 Å². The summed E-state index contributed by atoms with van der Waals surface area (Å²) in [4.78, 5) is 4.49. The van der Waals surface area contributed by atoms with Crippen LogP contribution in [0.15, 0.2) is 89.9 Å². The molecule has 4 aromatic carbocycles. The molecule has 0 fully saturated rings. The summed E-state index contributed by atoms with van der Waals surface area (Å²) >= 11 is 0. The normalized spacial score (nSPS) is 14.0. The van der Waals surface area contributed by atoms with Gasteiger partial charge in [0.1, 0.15) is 0 Å². The second-order valence-corrected chi connectivity index (χ2v) is 7.01. The number of aliphatic imine (C=N–C) groups is 1. The first-order valence-electron chi connectivity index (χ1n) is 9.43. The second-order valence-electron chi connectivity index (χ2n) is 7.01. The van der Waals surface area contributed by atoms with E-state index in [1.807, 2.05) is 13.1 Å². The van der Waals surface area contributed by atoms with Crippen LogP contribution in [0.25, 0.3) is 39.1 Å². The molecule has 0 heterocycles. The van der Waals surface area contributed by atoms with Crippen LogP contribution in [0.3, 0.4) is 0 Å². The van der Waals surface area contributed by atoms with Crippen molar-refractivity contribution in [2.24, 2.45) is 4.99 Å². The SMILES string of the molecule is CN=C1C=Cc2c(-c3ccccc3)cc(-c3ccccc3)c3ccc(N)c1c23. The second kappa shape index (κ2) is 6.50. The zero-order chi connectivity index (χ0) is 19.1. The summed E-state index contributed by atoms with van der Waals surface area (Å²) in [5.41, 5.74) is 15.2. The van der Waals surface area contributed by atoms with Gasteiger partial charge in [-0.25, -0.2) is 0 Å². The van der Waals surface area contributed by atoms with Crippen molar-refractivity contribution >= 4 is 28.2 Å². The van der Waals surface area contributed by atoms with E-state index in [-0.39, 0.29) is 0 Å². The Morgan fingerprint density at radius 2 is 1.36 bits per heavy atom. The molecule has 28 heavy (non-hydrogen) atoms. The van der Waals surface area contributed by atoms with Gasteiger partial charge in [-0.05, 0) is 51.4 Å². The summed E-state index contributed by atoms with van der Waals surface area (Å²) in [6.45, 7) is 0. The van der Waals surface area contributed by atoms with E-state index < -0.39 is 0 Å². The van der Waals surface area contributed by atoms with Gasteiger partial charge in [-0.15, -0.1) is 0 Å². The monoisotopic (exact) mass is 360 g/mol. The summed E-state index contributed by atoms with van der Waals surface area (Å²) in [5.74, 6) is 0. The van der Waals surface area contributed by atoms with Gasteiger partial charge in [-0.2, -0.15) is 0 Å². The van der Waals surface area contributed by atoms with Crippen molar-refractivity contribution in [3.8, 4) is 22.3 Å². The molecule has 0 aliphatic heterocycles. The fourth-order valence-corrected chi connectivity index (χ4v) is 4.15. The van der Waals surface area contributed by atoms with Crippen LogP contribution in [0.5, 0.6) is 0 Å². The van der Waals surface area contributed by atoms with Crippen LogP contribution in [-0.4, -0.2) is 12.8 Å². The van der Waals surface area contributed by atoms with E-state index >= 15 is 0 Å². The number of hydrogen-bond donors (Lipinski definition) is 1. The van der Waals surface area contributed by atoms with Crippen molar-refractivity contribution in [2.75, 3.05) is 12.8 Å². The van der Waals surface area contributed by atoms with Gasteiger partial charge >= 0.3 is 0 Å². The summed E-state index contributed by atoms with van der Waals surface area (Å²) < 4.78 is 0. The zero-order valence-corrected chi connectivity index (χ0v) is 15.7. The van der Waals surface area contributed by atoms with E-state index in [1.54, 1.807) is 0 Å². The smallest absolute Gasteiger partial charge is 0.0670 e. The average molecular weight is 360 g/mol. The van der Waals surface area contributed by atoms with Crippen LogP contribution in [0.4, 0.5) is 5.69 Å². The molecule has 2 N–H and O–H groups in total. The maximum absolute atomic E-state index is 6.43. The summed E-state index contributed by atoms with van der Waals surface area (Å²) in [6.07, 6.45) is 4.25. The minimum atomic E-state index is 0.767. The fraction of sp³-hybridized carbons (Fsp3) is 0.0385. The maximum Gasteiger partial charge on any atom is 0.0670 e. The van der Waals surface area contributed by atoms with E-state index in [1.165, 1.54) is 38.6 Å². The molecule has 1 aliphatic carbocycles. The Morgan fingerprint density at radius 3 is 2.00 bits per heavy atom. The topological polar surface area (TPSA) is 38.4 Å². The number of rotatable bonds is 2. The zero-order valence-electron chi connectivity index (χ0n) is 15.7. The molecule has 0 saturated carbocycles. The van der Waals surface area contributed by atoms with Crippen LogP contribution >= 0.6 is 0 Å². The van der Waals surface area contributed by atoms with Crippen molar-refractivity contribution in [2.45, 2.75) is 0 Å². The van der Waals surface area contributed by atoms with Crippen LogP contribution < -0.4 is 5.73 Å². The van der Waals surface area contributed by atoms with Crippen LogP contribution in [0, 0.1) is 0 Å².